The van der Waals surface area contributed by atoms with Crippen LogP contribution in [0.3, 0.4) is 0 Å². The Morgan fingerprint density at radius 3 is 2.62 bits per heavy atom. The molecule has 0 saturated heterocycles. The molecule has 0 amide bonds. The van der Waals surface area contributed by atoms with Crippen LogP contribution in [0.25, 0.3) is 0 Å². The SMILES string of the molecule is CCCCSCSc1ccccc1. The molecule has 0 fully saturated rings. The van der Waals surface area contributed by atoms with Gasteiger partial charge in [-0.15, -0.1) is 11.8 Å². The normalized spacial score (nSPS) is 10.2. The lowest BCUT2D eigenvalue weighted by Crippen LogP contribution is -1.78. The van der Waals surface area contributed by atoms with Crippen molar-refractivity contribution in [2.45, 2.75) is 24.7 Å². The van der Waals surface area contributed by atoms with Crippen molar-refractivity contribution in [3.05, 3.63) is 30.3 Å². The number of hydrogen-bond acceptors (Lipinski definition) is 2. The van der Waals surface area contributed by atoms with Crippen LogP contribution in [0.2, 0.25) is 0 Å². The molecule has 13 heavy (non-hydrogen) atoms. The summed E-state index contributed by atoms with van der Waals surface area (Å²) in [5, 5.41) is 1.18. The van der Waals surface area contributed by atoms with E-state index in [2.05, 4.69) is 37.3 Å². The Morgan fingerprint density at radius 2 is 1.92 bits per heavy atom. The summed E-state index contributed by atoms with van der Waals surface area (Å²) in [5.41, 5.74) is 0. The number of thioether (sulfide) groups is 2. The van der Waals surface area contributed by atoms with Crippen LogP contribution in [0.5, 0.6) is 0 Å². The van der Waals surface area contributed by atoms with Crippen LogP contribution in [-0.4, -0.2) is 10.8 Å². The maximum absolute atomic E-state index is 2.24. The van der Waals surface area contributed by atoms with Gasteiger partial charge in [0, 0.05) is 9.98 Å². The molecule has 1 rings (SSSR count). The first-order chi connectivity index (χ1) is 6.43. The van der Waals surface area contributed by atoms with E-state index in [4.69, 9.17) is 0 Å². The van der Waals surface area contributed by atoms with Gasteiger partial charge >= 0.3 is 0 Å². The molecule has 0 aliphatic rings. The van der Waals surface area contributed by atoms with E-state index in [1.807, 2.05) is 23.5 Å². The van der Waals surface area contributed by atoms with Crippen molar-refractivity contribution in [2.75, 3.05) is 10.8 Å². The molecule has 0 atom stereocenters. The van der Waals surface area contributed by atoms with Crippen molar-refractivity contribution >= 4 is 23.5 Å². The Kier molecular flexibility index (Phi) is 6.21. The minimum absolute atomic E-state index is 1.18. The molecule has 0 aliphatic carbocycles. The minimum Gasteiger partial charge on any atom is -0.151 e. The van der Waals surface area contributed by atoms with E-state index in [1.54, 1.807) is 0 Å². The second kappa shape index (κ2) is 7.34. The number of hydrogen-bond donors (Lipinski definition) is 0. The zero-order chi connectivity index (χ0) is 9.36. The van der Waals surface area contributed by atoms with Crippen molar-refractivity contribution in [1.82, 2.24) is 0 Å². The summed E-state index contributed by atoms with van der Waals surface area (Å²) in [5.74, 6) is 1.30. The third kappa shape index (κ3) is 5.27. The Morgan fingerprint density at radius 1 is 1.15 bits per heavy atom. The van der Waals surface area contributed by atoms with Crippen LogP contribution in [0, 0.1) is 0 Å². The van der Waals surface area contributed by atoms with E-state index in [1.165, 1.54) is 28.6 Å². The van der Waals surface area contributed by atoms with Gasteiger partial charge in [-0.3, -0.25) is 0 Å². The maximum atomic E-state index is 2.24. The number of rotatable bonds is 6. The van der Waals surface area contributed by atoms with Gasteiger partial charge in [0.05, 0.1) is 0 Å². The van der Waals surface area contributed by atoms with E-state index >= 15 is 0 Å². The van der Waals surface area contributed by atoms with Crippen LogP contribution in [0.1, 0.15) is 19.8 Å². The highest BCUT2D eigenvalue weighted by atomic mass is 32.2. The lowest BCUT2D eigenvalue weighted by Gasteiger charge is -2.00. The summed E-state index contributed by atoms with van der Waals surface area (Å²) in [6.45, 7) is 2.24. The summed E-state index contributed by atoms with van der Waals surface area (Å²) in [7, 11) is 0. The van der Waals surface area contributed by atoms with Gasteiger partial charge in [0.1, 0.15) is 0 Å². The molecule has 0 spiro atoms. The molecule has 0 N–H and O–H groups in total. The molecule has 1 aromatic carbocycles. The molecular weight excluding hydrogens is 196 g/mol. The van der Waals surface area contributed by atoms with E-state index < -0.39 is 0 Å². The molecule has 0 nitrogen and oxygen atoms in total. The fourth-order valence-corrected chi connectivity index (χ4v) is 3.12. The Bertz CT molecular complexity index is 209. The minimum atomic E-state index is 1.18. The molecule has 0 aliphatic heterocycles. The lowest BCUT2D eigenvalue weighted by atomic mass is 10.4. The summed E-state index contributed by atoms with van der Waals surface area (Å²) < 4.78 is 0. The second-order valence-corrected chi connectivity index (χ2v) is 5.36. The summed E-state index contributed by atoms with van der Waals surface area (Å²) in [6, 6.07) is 10.6. The van der Waals surface area contributed by atoms with Crippen LogP contribution < -0.4 is 0 Å². The van der Waals surface area contributed by atoms with Crippen molar-refractivity contribution in [3.8, 4) is 0 Å². The van der Waals surface area contributed by atoms with Crippen molar-refractivity contribution in [1.29, 1.82) is 0 Å². The van der Waals surface area contributed by atoms with Gasteiger partial charge < -0.3 is 0 Å². The molecule has 1 aromatic rings. The Hall–Kier alpha value is -0.0800. The molecule has 0 aromatic heterocycles. The molecule has 72 valence electrons. The summed E-state index contributed by atoms with van der Waals surface area (Å²) in [6.07, 6.45) is 2.66. The smallest absolute Gasteiger partial charge is 0.0439 e. The quantitative estimate of drug-likeness (QED) is 0.392. The topological polar surface area (TPSA) is 0 Å². The van der Waals surface area contributed by atoms with Gasteiger partial charge in [-0.2, -0.15) is 11.8 Å². The maximum Gasteiger partial charge on any atom is 0.0439 e. The van der Waals surface area contributed by atoms with Gasteiger partial charge in [0.25, 0.3) is 0 Å². The van der Waals surface area contributed by atoms with Gasteiger partial charge in [-0.25, -0.2) is 0 Å². The third-order valence-electron chi connectivity index (χ3n) is 1.69. The first-order valence-electron chi connectivity index (χ1n) is 4.69. The molecule has 2 heteroatoms. The van der Waals surface area contributed by atoms with Crippen LogP contribution in [0.15, 0.2) is 35.2 Å². The molecule has 0 unspecified atom stereocenters. The molecule has 0 bridgehead atoms. The predicted octanol–water partition coefficient (Wildman–Crippen LogP) is 4.27. The molecule has 0 heterocycles. The monoisotopic (exact) mass is 212 g/mol. The summed E-state index contributed by atoms with van der Waals surface area (Å²) in [4.78, 5) is 1.38. The van der Waals surface area contributed by atoms with Crippen molar-refractivity contribution in [2.24, 2.45) is 0 Å². The average molecular weight is 212 g/mol. The van der Waals surface area contributed by atoms with Gasteiger partial charge in [0.2, 0.25) is 0 Å². The third-order valence-corrected chi connectivity index (χ3v) is 4.02. The van der Waals surface area contributed by atoms with Crippen molar-refractivity contribution in [3.63, 3.8) is 0 Å². The van der Waals surface area contributed by atoms with Gasteiger partial charge in [0.15, 0.2) is 0 Å². The second-order valence-electron chi connectivity index (χ2n) is 2.84. The Balaban J connectivity index is 2.07. The molecular formula is C11H16S2. The van der Waals surface area contributed by atoms with E-state index in [0.29, 0.717) is 0 Å². The fraction of sp³-hybridized carbons (Fsp3) is 0.455. The molecule has 0 saturated carbocycles. The summed E-state index contributed by atoms with van der Waals surface area (Å²) >= 11 is 3.97. The Labute approximate surface area is 89.5 Å². The standard InChI is InChI=1S/C11H16S2/c1-2-3-9-12-10-13-11-7-5-4-6-8-11/h4-8H,2-3,9-10H2,1H3. The fourth-order valence-electron chi connectivity index (χ4n) is 0.932. The van der Waals surface area contributed by atoms with E-state index in [-0.39, 0.29) is 0 Å². The van der Waals surface area contributed by atoms with E-state index in [0.717, 1.165) is 0 Å². The zero-order valence-corrected chi connectivity index (χ0v) is 9.66. The average Bonchev–Trinajstić information content (AvgIpc) is 2.19. The highest BCUT2D eigenvalue weighted by Crippen LogP contribution is 2.22. The lowest BCUT2D eigenvalue weighted by molar-refractivity contribution is 0.897. The van der Waals surface area contributed by atoms with Crippen molar-refractivity contribution < 1.29 is 0 Å². The van der Waals surface area contributed by atoms with Crippen LogP contribution in [0.4, 0.5) is 0 Å². The zero-order valence-electron chi connectivity index (χ0n) is 8.03. The number of unbranched alkanes of at least 4 members (excludes halogenated alkanes) is 1. The van der Waals surface area contributed by atoms with Gasteiger partial charge in [-0.05, 0) is 24.3 Å². The first-order valence-corrected chi connectivity index (χ1v) is 6.83. The predicted molar refractivity (Wildman–Crippen MR) is 64.5 cm³/mol. The van der Waals surface area contributed by atoms with E-state index in [9.17, 15) is 0 Å². The number of benzene rings is 1. The highest BCUT2D eigenvalue weighted by molar-refractivity contribution is 8.16. The van der Waals surface area contributed by atoms with Crippen LogP contribution >= 0.6 is 23.5 Å². The molecule has 0 radical (unpaired) electrons. The van der Waals surface area contributed by atoms with Crippen LogP contribution in [-0.2, 0) is 0 Å². The van der Waals surface area contributed by atoms with Gasteiger partial charge in [-0.1, -0.05) is 31.5 Å². The largest absolute Gasteiger partial charge is 0.151 e. The highest BCUT2D eigenvalue weighted by Gasteiger charge is 1.91. The first kappa shape index (κ1) is 11.0.